The van der Waals surface area contributed by atoms with E-state index in [0.717, 1.165) is 35.7 Å². The maximum Gasteiger partial charge on any atom is 0.161 e. The number of fused-ring (bicyclic) bond motifs is 1. The summed E-state index contributed by atoms with van der Waals surface area (Å²) in [5.41, 5.74) is 3.22. The third kappa shape index (κ3) is 3.03. The number of hydrogen-bond acceptors (Lipinski definition) is 5. The second-order valence-electron chi connectivity index (χ2n) is 5.17. The molecule has 1 aliphatic heterocycles. The predicted molar refractivity (Wildman–Crippen MR) is 78.5 cm³/mol. The Balaban J connectivity index is 1.72. The number of aryl methyl sites for hydroxylation is 1. The molecule has 5 nitrogen and oxygen atoms in total. The van der Waals surface area contributed by atoms with E-state index in [2.05, 4.69) is 29.5 Å². The number of rotatable bonds is 5. The van der Waals surface area contributed by atoms with Crippen LogP contribution in [0.1, 0.15) is 36.2 Å². The minimum atomic E-state index is 0.259. The summed E-state index contributed by atoms with van der Waals surface area (Å²) in [5, 5.41) is 7.44. The monoisotopic (exact) mass is 288 g/mol. The third-order valence-corrected chi connectivity index (χ3v) is 3.77. The summed E-state index contributed by atoms with van der Waals surface area (Å²) in [4.78, 5) is 0. The van der Waals surface area contributed by atoms with Gasteiger partial charge in [-0.15, -0.1) is 0 Å². The molecular weight excluding hydrogens is 268 g/mol. The molecule has 0 radical (unpaired) electrons. The minimum absolute atomic E-state index is 0.259. The van der Waals surface area contributed by atoms with Gasteiger partial charge < -0.3 is 19.3 Å². The van der Waals surface area contributed by atoms with E-state index >= 15 is 0 Å². The zero-order valence-electron chi connectivity index (χ0n) is 12.4. The van der Waals surface area contributed by atoms with Gasteiger partial charge in [0, 0.05) is 18.2 Å². The smallest absolute Gasteiger partial charge is 0.161 e. The molecule has 1 aromatic carbocycles. The van der Waals surface area contributed by atoms with Crippen LogP contribution in [0.3, 0.4) is 0 Å². The lowest BCUT2D eigenvalue weighted by Gasteiger charge is -2.22. The van der Waals surface area contributed by atoms with E-state index in [9.17, 15) is 0 Å². The van der Waals surface area contributed by atoms with Gasteiger partial charge in [-0.3, -0.25) is 0 Å². The highest BCUT2D eigenvalue weighted by atomic mass is 16.6. The predicted octanol–water partition coefficient (Wildman–Crippen LogP) is 3.00. The molecule has 1 aliphatic rings. The fraction of sp³-hybridized carbons (Fsp3) is 0.438. The lowest BCUT2D eigenvalue weighted by molar-refractivity contribution is 0.171. The molecule has 0 bridgehead atoms. The Kier molecular flexibility index (Phi) is 4.10. The van der Waals surface area contributed by atoms with Crippen LogP contribution in [0, 0.1) is 6.92 Å². The van der Waals surface area contributed by atoms with E-state index in [-0.39, 0.29) is 6.04 Å². The Morgan fingerprint density at radius 3 is 2.76 bits per heavy atom. The minimum Gasteiger partial charge on any atom is -0.486 e. The normalized spacial score (nSPS) is 15.0. The highest BCUT2D eigenvalue weighted by Crippen LogP contribution is 2.33. The van der Waals surface area contributed by atoms with Crippen LogP contribution >= 0.6 is 0 Å². The van der Waals surface area contributed by atoms with Gasteiger partial charge in [0.25, 0.3) is 0 Å². The van der Waals surface area contributed by atoms with E-state index in [1.807, 2.05) is 13.0 Å². The van der Waals surface area contributed by atoms with Crippen LogP contribution in [0.2, 0.25) is 0 Å². The van der Waals surface area contributed by atoms with Crippen LogP contribution in [0.25, 0.3) is 0 Å². The second-order valence-corrected chi connectivity index (χ2v) is 5.17. The fourth-order valence-electron chi connectivity index (χ4n) is 2.49. The average Bonchev–Trinajstić information content (AvgIpc) is 2.93. The van der Waals surface area contributed by atoms with Gasteiger partial charge in [0.1, 0.15) is 19.5 Å². The molecule has 1 aromatic heterocycles. The summed E-state index contributed by atoms with van der Waals surface area (Å²) in [6, 6.07) is 6.40. The molecule has 112 valence electrons. The second kappa shape index (κ2) is 6.18. The Morgan fingerprint density at radius 2 is 2.05 bits per heavy atom. The Hall–Kier alpha value is -2.01. The zero-order valence-corrected chi connectivity index (χ0v) is 12.4. The Labute approximate surface area is 124 Å². The number of ether oxygens (including phenoxy) is 2. The quantitative estimate of drug-likeness (QED) is 0.916. The molecule has 0 fully saturated rings. The number of benzene rings is 1. The van der Waals surface area contributed by atoms with Crippen molar-refractivity contribution >= 4 is 0 Å². The maximum atomic E-state index is 5.65. The van der Waals surface area contributed by atoms with Gasteiger partial charge in [0.05, 0.1) is 5.69 Å². The van der Waals surface area contributed by atoms with Crippen molar-refractivity contribution in [1.82, 2.24) is 10.5 Å². The average molecular weight is 288 g/mol. The maximum absolute atomic E-state index is 5.65. The van der Waals surface area contributed by atoms with Crippen molar-refractivity contribution in [3.05, 3.63) is 41.3 Å². The van der Waals surface area contributed by atoms with Gasteiger partial charge in [-0.2, -0.15) is 0 Å². The van der Waals surface area contributed by atoms with E-state index < -0.39 is 0 Å². The van der Waals surface area contributed by atoms with Gasteiger partial charge in [-0.25, -0.2) is 0 Å². The fourth-order valence-corrected chi connectivity index (χ4v) is 2.49. The highest BCUT2D eigenvalue weighted by molar-refractivity contribution is 5.44. The van der Waals surface area contributed by atoms with Crippen LogP contribution in [0.15, 0.2) is 29.0 Å². The molecule has 0 saturated carbocycles. The van der Waals surface area contributed by atoms with Crippen molar-refractivity contribution in [2.75, 3.05) is 13.2 Å². The summed E-state index contributed by atoms with van der Waals surface area (Å²) in [5.74, 6) is 1.66. The first-order valence-electron chi connectivity index (χ1n) is 7.30. The molecule has 1 N–H and O–H groups in total. The van der Waals surface area contributed by atoms with Gasteiger partial charge in [0.15, 0.2) is 11.5 Å². The Bertz CT molecular complexity index is 609. The summed E-state index contributed by atoms with van der Waals surface area (Å²) in [7, 11) is 0. The molecule has 5 heteroatoms. The molecule has 2 aromatic rings. The van der Waals surface area contributed by atoms with Crippen molar-refractivity contribution in [2.45, 2.75) is 32.9 Å². The number of nitrogens with one attached hydrogen (secondary N) is 1. The SMILES string of the molecule is CCC(NCc1conc1C)c1ccc2c(c1)OCCO2. The van der Waals surface area contributed by atoms with Gasteiger partial charge >= 0.3 is 0 Å². The molecular formula is C16H20N2O3. The summed E-state index contributed by atoms with van der Waals surface area (Å²) in [6.07, 6.45) is 2.68. The molecule has 0 spiro atoms. The molecule has 0 saturated heterocycles. The van der Waals surface area contributed by atoms with Crippen LogP contribution in [0.4, 0.5) is 0 Å². The largest absolute Gasteiger partial charge is 0.486 e. The molecule has 2 heterocycles. The summed E-state index contributed by atoms with van der Waals surface area (Å²) >= 11 is 0. The van der Waals surface area contributed by atoms with E-state index in [1.165, 1.54) is 5.56 Å². The van der Waals surface area contributed by atoms with Gasteiger partial charge in [-0.05, 0) is 31.0 Å². The number of hydrogen-bond donors (Lipinski definition) is 1. The molecule has 0 aliphatic carbocycles. The topological polar surface area (TPSA) is 56.5 Å². The number of aromatic nitrogens is 1. The lowest BCUT2D eigenvalue weighted by Crippen LogP contribution is -2.21. The molecule has 0 amide bonds. The van der Waals surface area contributed by atoms with Crippen LogP contribution in [-0.2, 0) is 6.54 Å². The van der Waals surface area contributed by atoms with Crippen molar-refractivity contribution in [2.24, 2.45) is 0 Å². The molecule has 21 heavy (non-hydrogen) atoms. The highest BCUT2D eigenvalue weighted by Gasteiger charge is 2.16. The van der Waals surface area contributed by atoms with Crippen molar-refractivity contribution in [3.8, 4) is 11.5 Å². The first kappa shape index (κ1) is 13.9. The van der Waals surface area contributed by atoms with E-state index in [4.69, 9.17) is 14.0 Å². The third-order valence-electron chi connectivity index (χ3n) is 3.77. The lowest BCUT2D eigenvalue weighted by atomic mass is 10.0. The van der Waals surface area contributed by atoms with Crippen molar-refractivity contribution in [3.63, 3.8) is 0 Å². The van der Waals surface area contributed by atoms with Gasteiger partial charge in [-0.1, -0.05) is 18.1 Å². The van der Waals surface area contributed by atoms with E-state index in [0.29, 0.717) is 13.2 Å². The molecule has 3 rings (SSSR count). The number of nitrogens with zero attached hydrogens (tertiary/aromatic N) is 1. The van der Waals surface area contributed by atoms with Crippen LogP contribution < -0.4 is 14.8 Å². The van der Waals surface area contributed by atoms with Crippen molar-refractivity contribution < 1.29 is 14.0 Å². The summed E-state index contributed by atoms with van der Waals surface area (Å²) in [6.45, 7) is 6.08. The van der Waals surface area contributed by atoms with E-state index in [1.54, 1.807) is 6.26 Å². The zero-order chi connectivity index (χ0) is 14.7. The standard InChI is InChI=1S/C16H20N2O3/c1-3-14(17-9-13-10-21-18-11(13)2)12-4-5-15-16(8-12)20-7-6-19-15/h4-5,8,10,14,17H,3,6-7,9H2,1-2H3. The molecule has 1 unspecified atom stereocenters. The van der Waals surface area contributed by atoms with Crippen LogP contribution in [-0.4, -0.2) is 18.4 Å². The first-order valence-corrected chi connectivity index (χ1v) is 7.30. The van der Waals surface area contributed by atoms with Crippen LogP contribution in [0.5, 0.6) is 11.5 Å². The van der Waals surface area contributed by atoms with Crippen molar-refractivity contribution in [1.29, 1.82) is 0 Å². The Morgan fingerprint density at radius 1 is 1.24 bits per heavy atom. The summed E-state index contributed by atoms with van der Waals surface area (Å²) < 4.78 is 16.2. The molecule has 1 atom stereocenters. The first-order chi connectivity index (χ1) is 10.3. The van der Waals surface area contributed by atoms with Gasteiger partial charge in [0.2, 0.25) is 0 Å².